The van der Waals surface area contributed by atoms with Gasteiger partial charge < -0.3 is 37.9 Å². The summed E-state index contributed by atoms with van der Waals surface area (Å²) in [6.45, 7) is 4.62. The normalized spacial score (nSPS) is 22.8. The van der Waals surface area contributed by atoms with E-state index in [1.165, 1.54) is 6.92 Å². The highest BCUT2D eigenvalue weighted by Gasteiger charge is 2.53. The summed E-state index contributed by atoms with van der Waals surface area (Å²) >= 11 is 0. The van der Waals surface area contributed by atoms with Crippen LogP contribution in [-0.2, 0) is 58.9 Å². The summed E-state index contributed by atoms with van der Waals surface area (Å²) in [7, 11) is 1.58. The highest BCUT2D eigenvalue weighted by molar-refractivity contribution is 5.68. The first kappa shape index (κ1) is 32.6. The minimum absolute atomic E-state index is 0.0839. The number of rotatable bonds is 14. The second-order valence-electron chi connectivity index (χ2n) is 8.93. The molecule has 220 valence electrons. The maximum atomic E-state index is 12.0. The molecule has 1 aromatic rings. The highest BCUT2D eigenvalue weighted by Crippen LogP contribution is 2.31. The van der Waals surface area contributed by atoms with Gasteiger partial charge in [0.1, 0.15) is 18.5 Å². The lowest BCUT2D eigenvalue weighted by Crippen LogP contribution is -2.63. The second-order valence-corrected chi connectivity index (χ2v) is 8.93. The van der Waals surface area contributed by atoms with Gasteiger partial charge >= 0.3 is 23.9 Å². The quantitative estimate of drug-likeness (QED) is 0.185. The van der Waals surface area contributed by atoms with Crippen molar-refractivity contribution in [3.63, 3.8) is 0 Å². The first-order valence-corrected chi connectivity index (χ1v) is 12.6. The third kappa shape index (κ3) is 10.8. The van der Waals surface area contributed by atoms with E-state index in [1.807, 2.05) is 24.3 Å². The molecule has 0 radical (unpaired) electrons. The van der Waals surface area contributed by atoms with Gasteiger partial charge in [-0.05, 0) is 24.1 Å². The van der Waals surface area contributed by atoms with E-state index in [1.54, 1.807) is 7.11 Å². The number of terminal acetylenes is 1. The van der Waals surface area contributed by atoms with E-state index in [4.69, 9.17) is 44.3 Å². The van der Waals surface area contributed by atoms with Crippen molar-refractivity contribution in [2.24, 2.45) is 0 Å². The van der Waals surface area contributed by atoms with Gasteiger partial charge in [0, 0.05) is 34.1 Å². The van der Waals surface area contributed by atoms with Crippen LogP contribution in [0.1, 0.15) is 46.1 Å². The minimum Gasteiger partial charge on any atom is -0.497 e. The van der Waals surface area contributed by atoms with Crippen LogP contribution in [-0.4, -0.2) is 81.0 Å². The van der Waals surface area contributed by atoms with E-state index in [2.05, 4.69) is 5.92 Å². The van der Waals surface area contributed by atoms with Gasteiger partial charge in [0.15, 0.2) is 24.6 Å². The predicted molar refractivity (Wildman–Crippen MR) is 138 cm³/mol. The molecule has 1 unspecified atom stereocenters. The molecule has 1 aromatic carbocycles. The largest absolute Gasteiger partial charge is 0.497 e. The van der Waals surface area contributed by atoms with Crippen molar-refractivity contribution >= 4 is 23.9 Å². The zero-order chi connectivity index (χ0) is 29.7. The van der Waals surface area contributed by atoms with Gasteiger partial charge in [-0.3, -0.25) is 19.2 Å². The molecule has 1 heterocycles. The first-order chi connectivity index (χ1) is 19.0. The van der Waals surface area contributed by atoms with Crippen molar-refractivity contribution < 1.29 is 57.1 Å². The van der Waals surface area contributed by atoms with E-state index in [0.29, 0.717) is 18.6 Å². The summed E-state index contributed by atoms with van der Waals surface area (Å²) in [4.78, 5) is 47.5. The van der Waals surface area contributed by atoms with Crippen molar-refractivity contribution in [2.75, 3.05) is 20.3 Å². The molecule has 40 heavy (non-hydrogen) atoms. The lowest BCUT2D eigenvalue weighted by Gasteiger charge is -2.44. The lowest BCUT2D eigenvalue weighted by atomic mass is 9.98. The average Bonchev–Trinajstić information content (AvgIpc) is 2.88. The Morgan fingerprint density at radius 2 is 1.50 bits per heavy atom. The average molecular weight is 565 g/mol. The summed E-state index contributed by atoms with van der Waals surface area (Å²) in [6, 6.07) is 7.33. The molecule has 0 aliphatic carbocycles. The number of ether oxygens (including phenoxy) is 8. The van der Waals surface area contributed by atoms with Crippen LogP contribution in [0.15, 0.2) is 24.3 Å². The molecule has 1 saturated heterocycles. The van der Waals surface area contributed by atoms with Crippen molar-refractivity contribution in [2.45, 2.75) is 84.0 Å². The molecule has 0 saturated carbocycles. The maximum absolute atomic E-state index is 12.0. The highest BCUT2D eigenvalue weighted by atomic mass is 16.7. The maximum Gasteiger partial charge on any atom is 0.303 e. The molecule has 12 heteroatoms. The molecule has 0 N–H and O–H groups in total. The van der Waals surface area contributed by atoms with E-state index in [-0.39, 0.29) is 19.8 Å². The fraction of sp³-hybridized carbons (Fsp3) is 0.571. The third-order valence-corrected chi connectivity index (χ3v) is 5.62. The molecule has 0 aromatic heterocycles. The Kier molecular flexibility index (Phi) is 13.4. The standard InChI is InChI=1S/C28H36O12/c1-7-8-9-23(15-34-14-21-10-12-22(33-6)13-11-21)39-28-27(38-20(5)32)26(37-19(4)31)25(36-18(3)30)24(40-28)16-35-17(2)29/h1,10-13,23-28H,8-9,14-16H2,2-6H3/t23-,24+,25+,26-,27+,28?/m0/s1. The molecular formula is C28H36O12. The van der Waals surface area contributed by atoms with Crippen molar-refractivity contribution in [1.82, 2.24) is 0 Å². The second kappa shape index (κ2) is 16.4. The fourth-order valence-corrected chi connectivity index (χ4v) is 3.95. The van der Waals surface area contributed by atoms with Gasteiger partial charge in [-0.1, -0.05) is 12.1 Å². The van der Waals surface area contributed by atoms with E-state index < -0.39 is 60.7 Å². The van der Waals surface area contributed by atoms with Gasteiger partial charge in [0.2, 0.25) is 0 Å². The monoisotopic (exact) mass is 564 g/mol. The van der Waals surface area contributed by atoms with Crippen molar-refractivity contribution in [1.29, 1.82) is 0 Å². The van der Waals surface area contributed by atoms with Gasteiger partial charge in [-0.15, -0.1) is 12.3 Å². The predicted octanol–water partition coefficient (Wildman–Crippen LogP) is 2.09. The zero-order valence-electron chi connectivity index (χ0n) is 23.3. The Morgan fingerprint density at radius 3 is 2.05 bits per heavy atom. The fourth-order valence-electron chi connectivity index (χ4n) is 3.95. The summed E-state index contributed by atoms with van der Waals surface area (Å²) in [5.41, 5.74) is 0.892. The van der Waals surface area contributed by atoms with Gasteiger partial charge in [-0.2, -0.15) is 0 Å². The van der Waals surface area contributed by atoms with Crippen LogP contribution in [0.2, 0.25) is 0 Å². The molecule has 0 bridgehead atoms. The van der Waals surface area contributed by atoms with Crippen LogP contribution in [0.5, 0.6) is 5.75 Å². The zero-order valence-corrected chi connectivity index (χ0v) is 23.3. The molecular weight excluding hydrogens is 528 g/mol. The minimum atomic E-state index is -1.34. The van der Waals surface area contributed by atoms with E-state index in [9.17, 15) is 19.2 Å². The summed E-state index contributed by atoms with van der Waals surface area (Å²) in [5, 5.41) is 0. The molecule has 2 rings (SSSR count). The molecule has 0 amide bonds. The Labute approximate surface area is 233 Å². The molecule has 1 fully saturated rings. The van der Waals surface area contributed by atoms with Gasteiger partial charge in [-0.25, -0.2) is 0 Å². The first-order valence-electron chi connectivity index (χ1n) is 12.6. The Bertz CT molecular complexity index is 1030. The number of hydrogen-bond acceptors (Lipinski definition) is 12. The topological polar surface area (TPSA) is 142 Å². The summed E-state index contributed by atoms with van der Waals surface area (Å²) < 4.78 is 44.6. The van der Waals surface area contributed by atoms with Crippen LogP contribution in [0.4, 0.5) is 0 Å². The molecule has 1 aliphatic heterocycles. The lowest BCUT2D eigenvalue weighted by molar-refractivity contribution is -0.319. The van der Waals surface area contributed by atoms with Crippen molar-refractivity contribution in [3.05, 3.63) is 29.8 Å². The van der Waals surface area contributed by atoms with Gasteiger partial charge in [0.25, 0.3) is 0 Å². The number of methoxy groups -OCH3 is 1. The third-order valence-electron chi connectivity index (χ3n) is 5.62. The van der Waals surface area contributed by atoms with E-state index in [0.717, 1.165) is 26.3 Å². The Hall–Kier alpha value is -3.66. The Balaban J connectivity index is 2.30. The number of hydrogen-bond donors (Lipinski definition) is 0. The van der Waals surface area contributed by atoms with Crippen LogP contribution >= 0.6 is 0 Å². The van der Waals surface area contributed by atoms with Crippen LogP contribution in [0.25, 0.3) is 0 Å². The SMILES string of the molecule is C#CCC[C@@H](COCc1ccc(OC)cc1)OC1O[C@H](COC(C)=O)[C@@H](OC(C)=O)[C@H](OC(C)=O)[C@H]1OC(C)=O. The number of carbonyl (C=O) groups excluding carboxylic acids is 4. The molecule has 1 aliphatic rings. The number of carbonyl (C=O) groups is 4. The number of esters is 4. The summed E-state index contributed by atoms with van der Waals surface area (Å²) in [6.07, 6.45) is -0.887. The van der Waals surface area contributed by atoms with Crippen LogP contribution < -0.4 is 4.74 Å². The van der Waals surface area contributed by atoms with Crippen LogP contribution in [0.3, 0.4) is 0 Å². The smallest absolute Gasteiger partial charge is 0.303 e. The number of benzene rings is 1. The Morgan fingerprint density at radius 1 is 0.900 bits per heavy atom. The molecule has 0 spiro atoms. The molecule has 12 nitrogen and oxygen atoms in total. The van der Waals surface area contributed by atoms with Crippen molar-refractivity contribution in [3.8, 4) is 18.1 Å². The van der Waals surface area contributed by atoms with E-state index >= 15 is 0 Å². The van der Waals surface area contributed by atoms with Crippen LogP contribution in [0, 0.1) is 12.3 Å². The summed E-state index contributed by atoms with van der Waals surface area (Å²) in [5.74, 6) is 0.449. The molecule has 6 atom stereocenters. The van der Waals surface area contributed by atoms with Gasteiger partial charge in [0.05, 0.1) is 26.4 Å².